The maximum Gasteiger partial charge on any atom is 0.267 e. The van der Waals surface area contributed by atoms with Gasteiger partial charge in [0.05, 0.1) is 31.0 Å². The molecule has 0 spiro atoms. The summed E-state index contributed by atoms with van der Waals surface area (Å²) in [6.07, 6.45) is 2.98. The smallest absolute Gasteiger partial charge is 0.267 e. The molecule has 2 aromatic carbocycles. The van der Waals surface area contributed by atoms with Crippen molar-refractivity contribution in [2.24, 2.45) is 5.92 Å². The number of para-hydroxylation sites is 1. The van der Waals surface area contributed by atoms with E-state index >= 15 is 0 Å². The van der Waals surface area contributed by atoms with Gasteiger partial charge in [0.15, 0.2) is 22.4 Å². The first-order chi connectivity index (χ1) is 17.0. The first kappa shape index (κ1) is 23.6. The van der Waals surface area contributed by atoms with Crippen LogP contribution in [0.3, 0.4) is 0 Å². The second-order valence-electron chi connectivity index (χ2n) is 8.68. The number of methoxy groups -OCH3 is 2. The zero-order chi connectivity index (χ0) is 24.5. The van der Waals surface area contributed by atoms with Crippen LogP contribution in [-0.4, -0.2) is 35.3 Å². The number of thiophene rings is 1. The fraction of sp³-hybridized carbons (Fsp3) is 0.296. The van der Waals surface area contributed by atoms with Crippen molar-refractivity contribution in [2.75, 3.05) is 20.0 Å². The predicted molar refractivity (Wildman–Crippen MR) is 141 cm³/mol. The second kappa shape index (κ2) is 9.87. The molecule has 0 radical (unpaired) electrons. The van der Waals surface area contributed by atoms with Gasteiger partial charge in [0.25, 0.3) is 5.56 Å². The molecule has 0 saturated carbocycles. The highest BCUT2D eigenvalue weighted by Crippen LogP contribution is 2.37. The molecule has 8 heteroatoms. The van der Waals surface area contributed by atoms with Crippen LogP contribution in [0.4, 0.5) is 0 Å². The van der Waals surface area contributed by atoms with E-state index in [1.165, 1.54) is 16.6 Å². The van der Waals surface area contributed by atoms with Crippen LogP contribution < -0.4 is 15.0 Å². The van der Waals surface area contributed by atoms with Gasteiger partial charge in [0.1, 0.15) is 4.83 Å². The van der Waals surface area contributed by atoms with Crippen LogP contribution in [0.2, 0.25) is 0 Å². The molecule has 0 fully saturated rings. The van der Waals surface area contributed by atoms with Crippen LogP contribution in [0.5, 0.6) is 11.5 Å². The lowest BCUT2D eigenvalue weighted by Crippen LogP contribution is -2.23. The van der Waals surface area contributed by atoms with E-state index < -0.39 is 0 Å². The quantitative estimate of drug-likeness (QED) is 0.186. The van der Waals surface area contributed by atoms with E-state index in [1.54, 1.807) is 48.3 Å². The summed E-state index contributed by atoms with van der Waals surface area (Å²) in [4.78, 5) is 33.8. The number of hydrogen-bond donors (Lipinski definition) is 0. The summed E-state index contributed by atoms with van der Waals surface area (Å²) in [5, 5.41) is 1.26. The largest absolute Gasteiger partial charge is 0.493 e. The van der Waals surface area contributed by atoms with Crippen molar-refractivity contribution >= 4 is 39.1 Å². The number of nitrogens with zero attached hydrogens (tertiary/aromatic N) is 2. The normalized spacial score (nSPS) is 15.1. The van der Waals surface area contributed by atoms with E-state index in [0.717, 1.165) is 40.7 Å². The molecule has 0 saturated heterocycles. The molecule has 1 aliphatic rings. The van der Waals surface area contributed by atoms with Crippen molar-refractivity contribution in [2.45, 2.75) is 31.3 Å². The first-order valence-corrected chi connectivity index (χ1v) is 13.3. The second-order valence-corrected chi connectivity index (χ2v) is 10.7. The van der Waals surface area contributed by atoms with Crippen LogP contribution in [0.25, 0.3) is 15.9 Å². The number of fused-ring (bicyclic) bond motifs is 3. The third-order valence-corrected chi connectivity index (χ3v) is 8.44. The molecule has 5 rings (SSSR count). The molecule has 180 valence electrons. The van der Waals surface area contributed by atoms with E-state index in [2.05, 4.69) is 6.92 Å². The van der Waals surface area contributed by atoms with Gasteiger partial charge in [-0.1, -0.05) is 36.9 Å². The highest BCUT2D eigenvalue weighted by Gasteiger charge is 2.25. The van der Waals surface area contributed by atoms with Gasteiger partial charge in [-0.3, -0.25) is 14.2 Å². The molecule has 2 aromatic heterocycles. The van der Waals surface area contributed by atoms with Gasteiger partial charge in [-0.15, -0.1) is 11.3 Å². The molecule has 1 unspecified atom stereocenters. The van der Waals surface area contributed by atoms with Gasteiger partial charge in [-0.2, -0.15) is 0 Å². The van der Waals surface area contributed by atoms with Crippen LogP contribution in [0, 0.1) is 5.92 Å². The van der Waals surface area contributed by atoms with Gasteiger partial charge >= 0.3 is 0 Å². The third kappa shape index (κ3) is 4.48. The van der Waals surface area contributed by atoms with E-state index in [4.69, 9.17) is 14.5 Å². The van der Waals surface area contributed by atoms with E-state index in [1.807, 2.05) is 30.3 Å². The monoisotopic (exact) mass is 506 g/mol. The lowest BCUT2D eigenvalue weighted by atomic mass is 9.89. The fourth-order valence-electron chi connectivity index (χ4n) is 4.50. The van der Waals surface area contributed by atoms with E-state index in [-0.39, 0.29) is 17.1 Å². The molecule has 1 aliphatic carbocycles. The maximum absolute atomic E-state index is 13.8. The Morgan fingerprint density at radius 3 is 2.66 bits per heavy atom. The lowest BCUT2D eigenvalue weighted by molar-refractivity contribution is 0.102. The molecule has 2 heterocycles. The number of ketones is 1. The highest BCUT2D eigenvalue weighted by molar-refractivity contribution is 7.99. The summed E-state index contributed by atoms with van der Waals surface area (Å²) < 4.78 is 12.3. The average molecular weight is 507 g/mol. The van der Waals surface area contributed by atoms with Crippen molar-refractivity contribution in [3.8, 4) is 17.2 Å². The minimum atomic E-state index is -0.0794. The van der Waals surface area contributed by atoms with Crippen molar-refractivity contribution in [3.63, 3.8) is 0 Å². The number of carbonyl (C=O) groups excluding carboxylic acids is 1. The Balaban J connectivity index is 1.54. The lowest BCUT2D eigenvalue weighted by Gasteiger charge is -2.17. The van der Waals surface area contributed by atoms with E-state index in [0.29, 0.717) is 28.1 Å². The third-order valence-electron chi connectivity index (χ3n) is 6.35. The first-order valence-electron chi connectivity index (χ1n) is 11.5. The summed E-state index contributed by atoms with van der Waals surface area (Å²) in [5.74, 6) is 1.74. The molecule has 0 N–H and O–H groups in total. The van der Waals surface area contributed by atoms with Gasteiger partial charge in [-0.25, -0.2) is 4.98 Å². The fourth-order valence-corrected chi connectivity index (χ4v) is 6.83. The number of Topliss-reactive ketones (excluding diaryl/α,β-unsaturated/α-hetero) is 1. The standard InChI is InChI=1S/C27H26N2O4S2/c1-16-9-11-19-23(13-16)35-25-24(19)26(31)29(18-7-5-4-6-8-18)27(28-25)34-15-20(30)17-10-12-21(32-2)22(14-17)33-3/h4-8,10,12,14,16H,9,11,13,15H2,1-3H3. The summed E-state index contributed by atoms with van der Waals surface area (Å²) in [6, 6.07) is 14.6. The number of thioether (sulfide) groups is 1. The Morgan fingerprint density at radius 2 is 1.91 bits per heavy atom. The Hall–Kier alpha value is -3.10. The Morgan fingerprint density at radius 1 is 1.14 bits per heavy atom. The summed E-state index contributed by atoms with van der Waals surface area (Å²) in [5.41, 5.74) is 2.36. The number of aryl methyl sites for hydroxylation is 1. The predicted octanol–water partition coefficient (Wildman–Crippen LogP) is 5.56. The molecular weight excluding hydrogens is 480 g/mol. The number of rotatable bonds is 7. The number of benzene rings is 2. The number of aromatic nitrogens is 2. The van der Waals surface area contributed by atoms with Crippen LogP contribution >= 0.6 is 23.1 Å². The van der Waals surface area contributed by atoms with Crippen molar-refractivity contribution in [3.05, 3.63) is 74.9 Å². The molecule has 6 nitrogen and oxygen atoms in total. The minimum Gasteiger partial charge on any atom is -0.493 e. The molecule has 1 atom stereocenters. The molecule has 4 aromatic rings. The number of hydrogen-bond acceptors (Lipinski definition) is 7. The van der Waals surface area contributed by atoms with Crippen LogP contribution in [0.1, 0.15) is 34.1 Å². The minimum absolute atomic E-state index is 0.0608. The Labute approximate surface area is 211 Å². The maximum atomic E-state index is 13.8. The van der Waals surface area contributed by atoms with E-state index in [9.17, 15) is 9.59 Å². The topological polar surface area (TPSA) is 70.4 Å². The zero-order valence-corrected chi connectivity index (χ0v) is 21.5. The zero-order valence-electron chi connectivity index (χ0n) is 19.9. The Bertz CT molecular complexity index is 1460. The van der Waals surface area contributed by atoms with Gasteiger partial charge in [-0.05, 0) is 61.1 Å². The molecular formula is C27H26N2O4S2. The van der Waals surface area contributed by atoms with Gasteiger partial charge in [0, 0.05) is 10.4 Å². The van der Waals surface area contributed by atoms with Crippen LogP contribution in [-0.2, 0) is 12.8 Å². The molecule has 0 amide bonds. The van der Waals surface area contributed by atoms with Crippen molar-refractivity contribution in [1.82, 2.24) is 9.55 Å². The molecule has 35 heavy (non-hydrogen) atoms. The summed E-state index contributed by atoms with van der Waals surface area (Å²) in [6.45, 7) is 2.25. The molecule has 0 aliphatic heterocycles. The van der Waals surface area contributed by atoms with Crippen LogP contribution in [0.15, 0.2) is 58.5 Å². The number of ether oxygens (including phenoxy) is 2. The summed E-state index contributed by atoms with van der Waals surface area (Å²) in [7, 11) is 3.10. The Kier molecular flexibility index (Phi) is 6.67. The molecule has 0 bridgehead atoms. The number of carbonyl (C=O) groups is 1. The van der Waals surface area contributed by atoms with Crippen molar-refractivity contribution < 1.29 is 14.3 Å². The van der Waals surface area contributed by atoms with Gasteiger partial charge in [0.2, 0.25) is 0 Å². The van der Waals surface area contributed by atoms with Gasteiger partial charge < -0.3 is 9.47 Å². The highest BCUT2D eigenvalue weighted by atomic mass is 32.2. The van der Waals surface area contributed by atoms with Crippen molar-refractivity contribution in [1.29, 1.82) is 0 Å². The average Bonchev–Trinajstić information content (AvgIpc) is 3.24. The summed E-state index contributed by atoms with van der Waals surface area (Å²) >= 11 is 2.90. The SMILES string of the molecule is COc1ccc(C(=O)CSc2nc3sc4c(c3c(=O)n2-c2ccccc2)CCC(C)C4)cc1OC.